The lowest BCUT2D eigenvalue weighted by Gasteiger charge is -2.17. The highest BCUT2D eigenvalue weighted by Crippen LogP contribution is 2.32. The molecule has 2 amide bonds. The Labute approximate surface area is 116 Å². The van der Waals surface area contributed by atoms with E-state index in [2.05, 4.69) is 10.6 Å². The molecule has 18 heavy (non-hydrogen) atoms. The molecule has 4 N–H and O–H groups in total. The molecule has 0 saturated heterocycles. The van der Waals surface area contributed by atoms with Gasteiger partial charge in [0.1, 0.15) is 0 Å². The maximum Gasteiger partial charge on any atom is 0.319 e. The number of urea groups is 1. The van der Waals surface area contributed by atoms with E-state index in [0.29, 0.717) is 21.6 Å². The molecule has 1 aromatic rings. The largest absolute Gasteiger partial charge is 0.392 e. The number of thiocarbonyl (C=S) groups is 1. The summed E-state index contributed by atoms with van der Waals surface area (Å²) in [5, 5.41) is 5.95. The third-order valence-corrected chi connectivity index (χ3v) is 3.39. The van der Waals surface area contributed by atoms with E-state index in [-0.39, 0.29) is 12.1 Å². The monoisotopic (exact) mass is 283 g/mol. The average Bonchev–Trinajstić information content (AvgIpc) is 3.13. The molecule has 0 radical (unpaired) electrons. The summed E-state index contributed by atoms with van der Waals surface area (Å²) in [5.74, 6) is 0.375. The lowest BCUT2D eigenvalue weighted by Crippen LogP contribution is -2.46. The van der Waals surface area contributed by atoms with Crippen LogP contribution in [0.4, 0.5) is 10.5 Å². The summed E-state index contributed by atoms with van der Waals surface area (Å²) in [6.07, 6.45) is 2.10. The van der Waals surface area contributed by atoms with Gasteiger partial charge in [0.25, 0.3) is 0 Å². The van der Waals surface area contributed by atoms with Crippen LogP contribution in [0.15, 0.2) is 24.3 Å². The van der Waals surface area contributed by atoms with E-state index in [1.165, 1.54) is 0 Å². The molecule has 1 aliphatic carbocycles. The number of nitrogens with one attached hydrogen (secondary N) is 2. The molecule has 6 heteroatoms. The number of hydrogen-bond acceptors (Lipinski definition) is 2. The van der Waals surface area contributed by atoms with Gasteiger partial charge in [0, 0.05) is 0 Å². The highest BCUT2D eigenvalue weighted by molar-refractivity contribution is 7.80. The van der Waals surface area contributed by atoms with Crippen LogP contribution in [-0.4, -0.2) is 17.1 Å². The second-order valence-corrected chi connectivity index (χ2v) is 5.17. The van der Waals surface area contributed by atoms with Crippen molar-refractivity contribution < 1.29 is 4.79 Å². The first-order valence-corrected chi connectivity index (χ1v) is 6.48. The molecular formula is C12H14ClN3OS. The first-order chi connectivity index (χ1) is 8.58. The smallest absolute Gasteiger partial charge is 0.319 e. The van der Waals surface area contributed by atoms with Crippen LogP contribution in [0.1, 0.15) is 12.8 Å². The molecule has 0 heterocycles. The first kappa shape index (κ1) is 13.1. The van der Waals surface area contributed by atoms with Gasteiger partial charge in [-0.15, -0.1) is 0 Å². The van der Waals surface area contributed by atoms with Crippen LogP contribution in [-0.2, 0) is 0 Å². The average molecular weight is 284 g/mol. The van der Waals surface area contributed by atoms with E-state index in [9.17, 15) is 4.79 Å². The van der Waals surface area contributed by atoms with Gasteiger partial charge >= 0.3 is 6.03 Å². The molecule has 2 rings (SSSR count). The fraction of sp³-hybridized carbons (Fsp3) is 0.333. The molecule has 96 valence electrons. The second-order valence-electron chi connectivity index (χ2n) is 4.30. The molecule has 0 aromatic heterocycles. The maximum absolute atomic E-state index is 11.8. The van der Waals surface area contributed by atoms with E-state index in [4.69, 9.17) is 29.6 Å². The van der Waals surface area contributed by atoms with Crippen molar-refractivity contribution in [1.29, 1.82) is 0 Å². The Hall–Kier alpha value is -1.33. The molecule has 4 nitrogen and oxygen atoms in total. The Morgan fingerprint density at radius 2 is 2.11 bits per heavy atom. The van der Waals surface area contributed by atoms with E-state index in [1.54, 1.807) is 24.3 Å². The number of halogens is 1. The molecular weight excluding hydrogens is 270 g/mol. The summed E-state index contributed by atoms with van der Waals surface area (Å²) in [5.41, 5.74) is 6.18. The van der Waals surface area contributed by atoms with Gasteiger partial charge in [-0.1, -0.05) is 36.0 Å². The van der Waals surface area contributed by atoms with Crippen molar-refractivity contribution in [2.45, 2.75) is 18.9 Å². The summed E-state index contributed by atoms with van der Waals surface area (Å²) in [7, 11) is 0. The lowest BCUT2D eigenvalue weighted by molar-refractivity contribution is 0.250. The van der Waals surface area contributed by atoms with Gasteiger partial charge in [-0.25, -0.2) is 4.79 Å². The van der Waals surface area contributed by atoms with Crippen LogP contribution in [0.5, 0.6) is 0 Å². The number of para-hydroxylation sites is 1. The normalized spacial score (nSPS) is 15.8. The van der Waals surface area contributed by atoms with Crippen LogP contribution in [0, 0.1) is 5.92 Å². The minimum atomic E-state index is -0.340. The minimum Gasteiger partial charge on any atom is -0.392 e. The van der Waals surface area contributed by atoms with Crippen LogP contribution in [0.25, 0.3) is 0 Å². The molecule has 1 atom stereocenters. The Morgan fingerprint density at radius 1 is 1.44 bits per heavy atom. The number of nitrogens with two attached hydrogens (primary N) is 1. The number of rotatable bonds is 4. The molecule has 0 bridgehead atoms. The van der Waals surface area contributed by atoms with Crippen LogP contribution < -0.4 is 16.4 Å². The van der Waals surface area contributed by atoms with Gasteiger partial charge < -0.3 is 16.4 Å². The van der Waals surface area contributed by atoms with E-state index >= 15 is 0 Å². The Balaban J connectivity index is 1.96. The predicted molar refractivity (Wildman–Crippen MR) is 76.9 cm³/mol. The SMILES string of the molecule is NC(=S)C(NC(=O)Nc1ccccc1Cl)C1CC1. The topological polar surface area (TPSA) is 67.1 Å². The Morgan fingerprint density at radius 3 is 2.67 bits per heavy atom. The summed E-state index contributed by atoms with van der Waals surface area (Å²) in [6, 6.07) is 6.47. The number of carbonyl (C=O) groups is 1. The maximum atomic E-state index is 11.8. The van der Waals surface area contributed by atoms with Crippen molar-refractivity contribution >= 4 is 40.5 Å². The van der Waals surface area contributed by atoms with Crippen molar-refractivity contribution in [3.05, 3.63) is 29.3 Å². The number of anilines is 1. The standard InChI is InChI=1S/C12H14ClN3OS/c13-8-3-1-2-4-9(8)15-12(17)16-10(11(14)18)7-5-6-7/h1-4,7,10H,5-6H2,(H2,14,18)(H2,15,16,17). The van der Waals surface area contributed by atoms with Gasteiger partial charge in [0.15, 0.2) is 0 Å². The first-order valence-electron chi connectivity index (χ1n) is 5.69. The Kier molecular flexibility index (Phi) is 4.04. The molecule has 0 spiro atoms. The van der Waals surface area contributed by atoms with E-state index in [0.717, 1.165) is 12.8 Å². The van der Waals surface area contributed by atoms with Crippen molar-refractivity contribution in [2.75, 3.05) is 5.32 Å². The van der Waals surface area contributed by atoms with Gasteiger partial charge in [-0.3, -0.25) is 0 Å². The zero-order chi connectivity index (χ0) is 13.1. The van der Waals surface area contributed by atoms with Crippen LogP contribution >= 0.6 is 23.8 Å². The van der Waals surface area contributed by atoms with Crippen LogP contribution in [0.2, 0.25) is 5.02 Å². The second kappa shape index (κ2) is 5.54. The summed E-state index contributed by atoms with van der Waals surface area (Å²) in [6.45, 7) is 0. The van der Waals surface area contributed by atoms with Gasteiger partial charge in [0.2, 0.25) is 0 Å². The lowest BCUT2D eigenvalue weighted by atomic mass is 10.2. The molecule has 1 fully saturated rings. The third-order valence-electron chi connectivity index (χ3n) is 2.81. The molecule has 1 unspecified atom stereocenters. The molecule has 1 saturated carbocycles. The summed E-state index contributed by atoms with van der Waals surface area (Å²) >= 11 is 10.9. The molecule has 1 aromatic carbocycles. The summed E-state index contributed by atoms with van der Waals surface area (Å²) < 4.78 is 0. The predicted octanol–water partition coefficient (Wildman–Crippen LogP) is 2.53. The third kappa shape index (κ3) is 3.34. The fourth-order valence-corrected chi connectivity index (χ4v) is 2.15. The van der Waals surface area contributed by atoms with Gasteiger partial charge in [0.05, 0.1) is 21.7 Å². The van der Waals surface area contributed by atoms with E-state index < -0.39 is 0 Å². The zero-order valence-corrected chi connectivity index (χ0v) is 11.2. The quantitative estimate of drug-likeness (QED) is 0.744. The number of carbonyl (C=O) groups excluding carboxylic acids is 1. The molecule has 0 aliphatic heterocycles. The highest BCUT2D eigenvalue weighted by atomic mass is 35.5. The summed E-state index contributed by atoms with van der Waals surface area (Å²) in [4.78, 5) is 12.1. The minimum absolute atomic E-state index is 0.234. The highest BCUT2D eigenvalue weighted by Gasteiger charge is 2.34. The number of amides is 2. The van der Waals surface area contributed by atoms with Crippen LogP contribution in [0.3, 0.4) is 0 Å². The Bertz CT molecular complexity index is 476. The van der Waals surface area contributed by atoms with Crippen molar-refractivity contribution in [3.8, 4) is 0 Å². The van der Waals surface area contributed by atoms with Gasteiger partial charge in [-0.05, 0) is 30.9 Å². The number of hydrogen-bond donors (Lipinski definition) is 3. The van der Waals surface area contributed by atoms with Crippen molar-refractivity contribution in [1.82, 2.24) is 5.32 Å². The molecule has 1 aliphatic rings. The zero-order valence-electron chi connectivity index (χ0n) is 9.65. The van der Waals surface area contributed by atoms with Crippen molar-refractivity contribution in [3.63, 3.8) is 0 Å². The van der Waals surface area contributed by atoms with Gasteiger partial charge in [-0.2, -0.15) is 0 Å². The number of benzene rings is 1. The van der Waals surface area contributed by atoms with Crippen molar-refractivity contribution in [2.24, 2.45) is 11.7 Å². The van der Waals surface area contributed by atoms with E-state index in [1.807, 2.05) is 0 Å². The fourth-order valence-electron chi connectivity index (χ4n) is 1.71.